The fourth-order valence-corrected chi connectivity index (χ4v) is 1.65. The Kier molecular flexibility index (Phi) is 5.92. The zero-order chi connectivity index (χ0) is 15.6. The Bertz CT molecular complexity index is 630. The summed E-state index contributed by atoms with van der Waals surface area (Å²) >= 11 is 0. The number of nitrogens with zero attached hydrogens (tertiary/aromatic N) is 2. The van der Waals surface area contributed by atoms with E-state index in [0.29, 0.717) is 18.1 Å². The molecule has 1 aromatic heterocycles. The Morgan fingerprint density at radius 3 is 2.68 bits per heavy atom. The first-order chi connectivity index (χ1) is 10.8. The first kappa shape index (κ1) is 15.5. The van der Waals surface area contributed by atoms with E-state index in [1.807, 2.05) is 25.1 Å². The van der Waals surface area contributed by atoms with Gasteiger partial charge in [-0.2, -0.15) is 5.10 Å². The van der Waals surface area contributed by atoms with Crippen molar-refractivity contribution in [2.45, 2.75) is 6.92 Å². The molecule has 2 rings (SSSR count). The van der Waals surface area contributed by atoms with E-state index in [9.17, 15) is 4.79 Å². The first-order valence-electron chi connectivity index (χ1n) is 6.86. The van der Waals surface area contributed by atoms with Crippen molar-refractivity contribution in [3.05, 3.63) is 54.4 Å². The molecule has 0 aliphatic heterocycles. The standard InChI is InChI=1S/C16H17N3O3/c1-2-21-14-7-3-4-8-15(14)22-12-16(20)19-18-11-13-6-5-9-17-10-13/h3-11H,2,12H2,1H3,(H,19,20). The number of hydrogen-bond donors (Lipinski definition) is 1. The molecule has 2 aromatic rings. The van der Waals surface area contributed by atoms with Crippen molar-refractivity contribution in [3.63, 3.8) is 0 Å². The Hall–Kier alpha value is -2.89. The van der Waals surface area contributed by atoms with Crippen molar-refractivity contribution >= 4 is 12.1 Å². The van der Waals surface area contributed by atoms with Crippen LogP contribution in [0, 0.1) is 0 Å². The molecule has 0 aliphatic rings. The highest BCUT2D eigenvalue weighted by Gasteiger charge is 2.06. The maximum atomic E-state index is 11.7. The SMILES string of the molecule is CCOc1ccccc1OCC(=O)NN=Cc1cccnc1. The van der Waals surface area contributed by atoms with Gasteiger partial charge >= 0.3 is 0 Å². The smallest absolute Gasteiger partial charge is 0.277 e. The van der Waals surface area contributed by atoms with Crippen LogP contribution in [0.2, 0.25) is 0 Å². The number of carbonyl (C=O) groups is 1. The first-order valence-corrected chi connectivity index (χ1v) is 6.86. The molecule has 0 aliphatic carbocycles. The summed E-state index contributed by atoms with van der Waals surface area (Å²) < 4.78 is 10.8. The number of rotatable bonds is 7. The van der Waals surface area contributed by atoms with Gasteiger partial charge in [0.1, 0.15) is 0 Å². The number of carbonyl (C=O) groups excluding carboxylic acids is 1. The zero-order valence-electron chi connectivity index (χ0n) is 12.2. The van der Waals surface area contributed by atoms with Gasteiger partial charge in [0.25, 0.3) is 5.91 Å². The minimum Gasteiger partial charge on any atom is -0.490 e. The largest absolute Gasteiger partial charge is 0.490 e. The fraction of sp³-hybridized carbons (Fsp3) is 0.188. The Morgan fingerprint density at radius 2 is 2.00 bits per heavy atom. The third-order valence-electron chi connectivity index (χ3n) is 2.60. The average molecular weight is 299 g/mol. The number of ether oxygens (including phenoxy) is 2. The predicted molar refractivity (Wildman–Crippen MR) is 83.1 cm³/mol. The molecule has 1 amide bonds. The number of amides is 1. The topological polar surface area (TPSA) is 72.8 Å². The quantitative estimate of drug-likeness (QED) is 0.627. The number of hydrazone groups is 1. The monoisotopic (exact) mass is 299 g/mol. The van der Waals surface area contributed by atoms with Gasteiger partial charge in [-0.15, -0.1) is 0 Å². The molecule has 0 saturated heterocycles. The van der Waals surface area contributed by atoms with Gasteiger partial charge in [0.15, 0.2) is 18.1 Å². The van der Waals surface area contributed by atoms with Gasteiger partial charge in [0.2, 0.25) is 0 Å². The molecular weight excluding hydrogens is 282 g/mol. The number of pyridine rings is 1. The van der Waals surface area contributed by atoms with Crippen LogP contribution in [0.4, 0.5) is 0 Å². The molecule has 0 fully saturated rings. The van der Waals surface area contributed by atoms with E-state index < -0.39 is 0 Å². The maximum absolute atomic E-state index is 11.7. The summed E-state index contributed by atoms with van der Waals surface area (Å²) in [4.78, 5) is 15.6. The number of para-hydroxylation sites is 2. The lowest BCUT2D eigenvalue weighted by Gasteiger charge is -2.10. The summed E-state index contributed by atoms with van der Waals surface area (Å²) in [6.45, 7) is 2.27. The Labute approximate surface area is 128 Å². The van der Waals surface area contributed by atoms with Crippen LogP contribution in [0.3, 0.4) is 0 Å². The van der Waals surface area contributed by atoms with Crippen LogP contribution in [0.15, 0.2) is 53.9 Å². The molecule has 0 atom stereocenters. The number of benzene rings is 1. The second kappa shape index (κ2) is 8.41. The summed E-state index contributed by atoms with van der Waals surface area (Å²) in [6, 6.07) is 10.8. The summed E-state index contributed by atoms with van der Waals surface area (Å²) in [7, 11) is 0. The molecule has 22 heavy (non-hydrogen) atoms. The molecular formula is C16H17N3O3. The summed E-state index contributed by atoms with van der Waals surface area (Å²) in [5.74, 6) is 0.777. The van der Waals surface area contributed by atoms with Crippen LogP contribution in [0.1, 0.15) is 12.5 Å². The molecule has 0 saturated carbocycles. The second-order valence-corrected chi connectivity index (χ2v) is 4.25. The molecule has 1 heterocycles. The summed E-state index contributed by atoms with van der Waals surface area (Å²) in [5.41, 5.74) is 3.19. The van der Waals surface area contributed by atoms with E-state index in [1.165, 1.54) is 6.21 Å². The third-order valence-corrected chi connectivity index (χ3v) is 2.60. The van der Waals surface area contributed by atoms with E-state index in [-0.39, 0.29) is 12.5 Å². The Balaban J connectivity index is 1.82. The lowest BCUT2D eigenvalue weighted by molar-refractivity contribution is -0.123. The zero-order valence-corrected chi connectivity index (χ0v) is 12.2. The van der Waals surface area contributed by atoms with Gasteiger partial charge in [-0.05, 0) is 25.1 Å². The van der Waals surface area contributed by atoms with Gasteiger partial charge < -0.3 is 9.47 Å². The summed E-state index contributed by atoms with van der Waals surface area (Å²) in [5, 5.41) is 3.84. The van der Waals surface area contributed by atoms with Crippen molar-refractivity contribution in [3.8, 4) is 11.5 Å². The van der Waals surface area contributed by atoms with Crippen LogP contribution < -0.4 is 14.9 Å². The van der Waals surface area contributed by atoms with Crippen LogP contribution in [0.5, 0.6) is 11.5 Å². The van der Waals surface area contributed by atoms with E-state index in [1.54, 1.807) is 30.6 Å². The van der Waals surface area contributed by atoms with E-state index in [4.69, 9.17) is 9.47 Å². The molecule has 1 N–H and O–H groups in total. The highest BCUT2D eigenvalue weighted by atomic mass is 16.5. The van der Waals surface area contributed by atoms with Crippen LogP contribution >= 0.6 is 0 Å². The normalized spacial score (nSPS) is 10.4. The van der Waals surface area contributed by atoms with Crippen molar-refractivity contribution in [2.24, 2.45) is 5.10 Å². The number of aromatic nitrogens is 1. The van der Waals surface area contributed by atoms with Gasteiger partial charge in [-0.25, -0.2) is 5.43 Å². The van der Waals surface area contributed by atoms with Gasteiger partial charge in [-0.1, -0.05) is 18.2 Å². The lowest BCUT2D eigenvalue weighted by Crippen LogP contribution is -2.24. The maximum Gasteiger partial charge on any atom is 0.277 e. The molecule has 6 heteroatoms. The molecule has 0 radical (unpaired) electrons. The van der Waals surface area contributed by atoms with E-state index >= 15 is 0 Å². The minimum absolute atomic E-state index is 0.144. The van der Waals surface area contributed by atoms with Gasteiger partial charge in [0, 0.05) is 18.0 Å². The van der Waals surface area contributed by atoms with E-state index in [2.05, 4.69) is 15.5 Å². The molecule has 0 unspecified atom stereocenters. The van der Waals surface area contributed by atoms with Crippen LogP contribution in [-0.2, 0) is 4.79 Å². The Morgan fingerprint density at radius 1 is 1.23 bits per heavy atom. The van der Waals surface area contributed by atoms with Crippen molar-refractivity contribution < 1.29 is 14.3 Å². The molecule has 0 spiro atoms. The molecule has 114 valence electrons. The van der Waals surface area contributed by atoms with Gasteiger partial charge in [-0.3, -0.25) is 9.78 Å². The third kappa shape index (κ3) is 4.90. The fourth-order valence-electron chi connectivity index (χ4n) is 1.65. The second-order valence-electron chi connectivity index (χ2n) is 4.25. The van der Waals surface area contributed by atoms with Crippen LogP contribution in [0.25, 0.3) is 0 Å². The van der Waals surface area contributed by atoms with Crippen LogP contribution in [-0.4, -0.2) is 30.3 Å². The van der Waals surface area contributed by atoms with E-state index in [0.717, 1.165) is 5.56 Å². The molecule has 0 bridgehead atoms. The number of hydrogen-bond acceptors (Lipinski definition) is 5. The lowest BCUT2D eigenvalue weighted by atomic mass is 10.3. The average Bonchev–Trinajstić information content (AvgIpc) is 2.55. The van der Waals surface area contributed by atoms with Gasteiger partial charge in [0.05, 0.1) is 12.8 Å². The molecule has 6 nitrogen and oxygen atoms in total. The predicted octanol–water partition coefficient (Wildman–Crippen LogP) is 2.01. The molecule has 1 aromatic carbocycles. The minimum atomic E-state index is -0.355. The van der Waals surface area contributed by atoms with Crippen molar-refractivity contribution in [2.75, 3.05) is 13.2 Å². The highest BCUT2D eigenvalue weighted by Crippen LogP contribution is 2.26. The van der Waals surface area contributed by atoms with Crippen molar-refractivity contribution in [1.82, 2.24) is 10.4 Å². The summed E-state index contributed by atoms with van der Waals surface area (Å²) in [6.07, 6.45) is 4.82. The highest BCUT2D eigenvalue weighted by molar-refractivity contribution is 5.82. The number of nitrogens with one attached hydrogen (secondary N) is 1. The van der Waals surface area contributed by atoms with Crippen molar-refractivity contribution in [1.29, 1.82) is 0 Å².